The summed E-state index contributed by atoms with van der Waals surface area (Å²) in [6, 6.07) is 73.7. The van der Waals surface area contributed by atoms with E-state index in [2.05, 4.69) is 192 Å². The van der Waals surface area contributed by atoms with Gasteiger partial charge in [-0.1, -0.05) is 165 Å². The van der Waals surface area contributed by atoms with Crippen molar-refractivity contribution in [2.75, 3.05) is 42.2 Å². The number of anilines is 6. The largest absolute Gasteiger partial charge is 0.497 e. The Morgan fingerprint density at radius 3 is 1.65 bits per heavy atom. The van der Waals surface area contributed by atoms with Gasteiger partial charge in [0, 0.05) is 75.6 Å². The lowest BCUT2D eigenvalue weighted by Gasteiger charge is -2.26. The third kappa shape index (κ3) is 13.0. The zero-order valence-corrected chi connectivity index (χ0v) is 48.2. The second-order valence-corrected chi connectivity index (χ2v) is 22.2. The van der Waals surface area contributed by atoms with Crippen molar-refractivity contribution in [3.8, 4) is 16.9 Å². The number of fused-ring (bicyclic) bond motifs is 2. The van der Waals surface area contributed by atoms with Crippen molar-refractivity contribution in [1.29, 1.82) is 0 Å². The van der Waals surface area contributed by atoms with Gasteiger partial charge in [0.05, 0.1) is 31.4 Å². The fraction of sp³-hybridized carbons (Fsp3) is 0.159. The molecule has 0 aliphatic carbocycles. The minimum Gasteiger partial charge on any atom is -0.497 e. The molecule has 0 saturated heterocycles. The zero-order valence-electron chi connectivity index (χ0n) is 46.6. The number of benzene rings is 9. The van der Waals surface area contributed by atoms with E-state index >= 15 is 0 Å². The van der Waals surface area contributed by atoms with Gasteiger partial charge in [-0.3, -0.25) is 0 Å². The van der Waals surface area contributed by atoms with Crippen LogP contribution in [0.25, 0.3) is 32.9 Å². The Morgan fingerprint density at radius 2 is 1.00 bits per heavy atom. The fourth-order valence-corrected chi connectivity index (χ4v) is 12.1. The molecule has 0 saturated carbocycles. The van der Waals surface area contributed by atoms with Gasteiger partial charge in [-0.25, -0.2) is 9.97 Å². The number of nitrogens with one attached hydrogen (secondary N) is 3. The van der Waals surface area contributed by atoms with Crippen LogP contribution in [0.1, 0.15) is 53.1 Å². The summed E-state index contributed by atoms with van der Waals surface area (Å²) in [5.41, 5.74) is 12.7. The quantitative estimate of drug-likeness (QED) is 0.0565. The van der Waals surface area contributed by atoms with Crippen LogP contribution < -0.4 is 25.6 Å². The lowest BCUT2D eigenvalue weighted by atomic mass is 9.95. The molecule has 82 heavy (non-hydrogen) atoms. The van der Waals surface area contributed by atoms with E-state index in [0.717, 1.165) is 104 Å². The van der Waals surface area contributed by atoms with Gasteiger partial charge < -0.3 is 35.1 Å². The molecule has 0 bridgehead atoms. The molecule has 13 heteroatoms. The first-order valence-corrected chi connectivity index (χ1v) is 29.0. The molecule has 11 rings (SSSR count). The van der Waals surface area contributed by atoms with Crippen molar-refractivity contribution in [3.05, 3.63) is 246 Å². The Balaban J connectivity index is 0.842. The number of rotatable bonds is 23. The van der Waals surface area contributed by atoms with Gasteiger partial charge in [0.2, 0.25) is 11.9 Å². The van der Waals surface area contributed by atoms with Crippen molar-refractivity contribution >= 4 is 80.2 Å². The number of hydrogen-bond acceptors (Lipinski definition) is 13. The van der Waals surface area contributed by atoms with Crippen molar-refractivity contribution in [3.63, 3.8) is 0 Å². The summed E-state index contributed by atoms with van der Waals surface area (Å²) in [7, 11) is 5.17. The van der Waals surface area contributed by atoms with Crippen LogP contribution in [0.3, 0.4) is 0 Å². The van der Waals surface area contributed by atoms with E-state index in [1.165, 1.54) is 10.5 Å². The van der Waals surface area contributed by atoms with Crippen LogP contribution in [0.4, 0.5) is 34.9 Å². The van der Waals surface area contributed by atoms with Crippen LogP contribution in [-0.2, 0) is 42.3 Å². The van der Waals surface area contributed by atoms with Crippen LogP contribution in [0.2, 0.25) is 0 Å². The molecular weight excluding hydrogens is 1050 g/mol. The fourth-order valence-electron chi connectivity index (χ4n) is 9.98. The molecule has 11 nitrogen and oxygen atoms in total. The lowest BCUT2D eigenvalue weighted by molar-refractivity contribution is 0.183. The van der Waals surface area contributed by atoms with Crippen molar-refractivity contribution in [2.24, 2.45) is 0 Å². The van der Waals surface area contributed by atoms with E-state index in [9.17, 15) is 0 Å². The monoisotopic (exact) mass is 1120 g/mol. The summed E-state index contributed by atoms with van der Waals surface area (Å²) in [6.07, 6.45) is 0. The average molecular weight is 1120 g/mol. The third-order valence-corrected chi connectivity index (χ3v) is 16.6. The highest BCUT2D eigenvalue weighted by Crippen LogP contribution is 2.40. The van der Waals surface area contributed by atoms with Crippen molar-refractivity contribution in [1.82, 2.24) is 19.9 Å². The van der Waals surface area contributed by atoms with Gasteiger partial charge in [-0.2, -0.15) is 9.97 Å². The molecule has 0 radical (unpaired) electrons. The molecule has 0 aliphatic heterocycles. The minimum absolute atomic E-state index is 0.242. The molecule has 410 valence electrons. The van der Waals surface area contributed by atoms with Gasteiger partial charge in [0.25, 0.3) is 0 Å². The number of hydrogen-bond donors (Lipinski definition) is 3. The standard InChI is InChI=1S/C69H64N8O3S2/c1-46(2)56-37-31-49(40-61(56)72-66-57-24-12-14-26-59(57)73-68(75-66)70-41-50-21-9-16-28-62(50)81-64-30-18-11-23-52(64)44-78-3)48-32-38-65(53(39-48)45-79-4)82-63-29-17-10-22-51(63)42-71-69-74-60-27-15-13-25-58(60)67(76-69)77(43-47-19-7-6-8-20-47)54-33-35-55(80-5)36-34-54/h6-40,46H,41-45H2,1-5H3,(H,71,74,76)(H2,70,72,73,75). The molecule has 0 spiro atoms. The molecule has 3 N–H and O–H groups in total. The number of aromatic nitrogens is 4. The highest BCUT2D eigenvalue weighted by Gasteiger charge is 2.20. The Morgan fingerprint density at radius 1 is 0.476 bits per heavy atom. The third-order valence-electron chi connectivity index (χ3n) is 14.2. The van der Waals surface area contributed by atoms with Gasteiger partial charge in [0.15, 0.2) is 0 Å². The minimum atomic E-state index is 0.242. The molecule has 11 aromatic rings. The second-order valence-electron chi connectivity index (χ2n) is 20.1. The predicted octanol–water partition coefficient (Wildman–Crippen LogP) is 17.3. The second kappa shape index (κ2) is 26.3. The smallest absolute Gasteiger partial charge is 0.225 e. The molecule has 0 atom stereocenters. The first kappa shape index (κ1) is 55.2. The van der Waals surface area contributed by atoms with E-state index in [-0.39, 0.29) is 5.92 Å². The Kier molecular flexibility index (Phi) is 17.7. The predicted molar refractivity (Wildman–Crippen MR) is 337 cm³/mol. The van der Waals surface area contributed by atoms with Gasteiger partial charge in [-0.05, 0) is 135 Å². The molecule has 0 aliphatic rings. The summed E-state index contributed by atoms with van der Waals surface area (Å²) >= 11 is 3.48. The molecule has 0 fully saturated rings. The van der Waals surface area contributed by atoms with E-state index in [4.69, 9.17) is 34.1 Å². The number of nitrogens with zero attached hydrogens (tertiary/aromatic N) is 5. The summed E-state index contributed by atoms with van der Waals surface area (Å²) in [4.78, 5) is 27.2. The molecule has 2 aromatic heterocycles. The van der Waals surface area contributed by atoms with Gasteiger partial charge >= 0.3 is 0 Å². The number of methoxy groups -OCH3 is 3. The van der Waals surface area contributed by atoms with E-state index in [0.29, 0.717) is 44.7 Å². The average Bonchev–Trinajstić information content (AvgIpc) is 3.70. The molecule has 2 heterocycles. The first-order valence-electron chi connectivity index (χ1n) is 27.4. The Labute approximate surface area is 488 Å². The summed E-state index contributed by atoms with van der Waals surface area (Å²) in [6.45, 7) is 7.11. The Hall–Kier alpha value is -8.72. The highest BCUT2D eigenvalue weighted by molar-refractivity contribution is 7.99. The van der Waals surface area contributed by atoms with Crippen LogP contribution in [0.15, 0.2) is 232 Å². The van der Waals surface area contributed by atoms with Gasteiger partial charge in [-0.15, -0.1) is 0 Å². The summed E-state index contributed by atoms with van der Waals surface area (Å²) in [5.74, 6) is 3.66. The SMILES string of the molecule is COCc1ccccc1Sc1ccccc1CNc1nc(Nc2cc(-c3ccc(Sc4ccccc4CNc4nc(N(Cc5ccccc5)c5ccc(OC)cc5)c5ccccc5n4)c(COC)c3)ccc2C(C)C)c2ccccc2n1. The summed E-state index contributed by atoms with van der Waals surface area (Å²) in [5, 5.41) is 12.9. The zero-order chi connectivity index (χ0) is 56.2. The van der Waals surface area contributed by atoms with Crippen molar-refractivity contribution < 1.29 is 14.2 Å². The van der Waals surface area contributed by atoms with Crippen LogP contribution in [0, 0.1) is 0 Å². The molecule has 0 unspecified atom stereocenters. The first-order chi connectivity index (χ1) is 40.3. The van der Waals surface area contributed by atoms with Crippen LogP contribution >= 0.6 is 23.5 Å². The van der Waals surface area contributed by atoms with E-state index < -0.39 is 0 Å². The van der Waals surface area contributed by atoms with Crippen LogP contribution in [0.5, 0.6) is 5.75 Å². The number of ether oxygens (including phenoxy) is 3. The maximum absolute atomic E-state index is 5.89. The van der Waals surface area contributed by atoms with E-state index in [1.54, 1.807) is 44.9 Å². The lowest BCUT2D eigenvalue weighted by Crippen LogP contribution is -2.19. The molecular formula is C69H64N8O3S2. The molecule has 0 amide bonds. The van der Waals surface area contributed by atoms with Crippen LogP contribution in [-0.4, -0.2) is 41.3 Å². The normalized spacial score (nSPS) is 11.3. The maximum Gasteiger partial charge on any atom is 0.225 e. The van der Waals surface area contributed by atoms with E-state index in [1.807, 2.05) is 54.6 Å². The summed E-state index contributed by atoms with van der Waals surface area (Å²) < 4.78 is 16.9. The van der Waals surface area contributed by atoms with Gasteiger partial charge in [0.1, 0.15) is 17.4 Å². The topological polar surface area (TPSA) is 119 Å². The van der Waals surface area contributed by atoms with Crippen molar-refractivity contribution in [2.45, 2.75) is 72.2 Å². The maximum atomic E-state index is 5.89. The number of para-hydroxylation sites is 2. The molecule has 9 aromatic carbocycles. The highest BCUT2D eigenvalue weighted by atomic mass is 32.2. The Bertz CT molecular complexity index is 3980.